The van der Waals surface area contributed by atoms with Gasteiger partial charge in [0.05, 0.1) is 12.2 Å². The molecule has 4 fully saturated rings. The second-order valence-corrected chi connectivity index (χ2v) is 9.15. The van der Waals surface area contributed by atoms with Crippen molar-refractivity contribution >= 4 is 0 Å². The fourth-order valence-electron chi connectivity index (χ4n) is 6.87. The van der Waals surface area contributed by atoms with Crippen LogP contribution in [0.1, 0.15) is 53.4 Å². The van der Waals surface area contributed by atoms with E-state index >= 15 is 0 Å². The Morgan fingerprint density at radius 1 is 1.00 bits per heavy atom. The predicted octanol–water partition coefficient (Wildman–Crippen LogP) is 4.71. The molecule has 0 aromatic carbocycles. The molecular formula is C21H30O2. The van der Waals surface area contributed by atoms with E-state index in [1.54, 1.807) is 11.1 Å². The maximum atomic E-state index is 6.30. The Labute approximate surface area is 140 Å². The van der Waals surface area contributed by atoms with Crippen LogP contribution in [-0.2, 0) is 9.47 Å². The first-order valence-corrected chi connectivity index (χ1v) is 9.75. The Kier molecular flexibility index (Phi) is 3.03. The summed E-state index contributed by atoms with van der Waals surface area (Å²) in [6.45, 7) is 8.98. The van der Waals surface area contributed by atoms with Crippen molar-refractivity contribution in [1.29, 1.82) is 0 Å². The van der Waals surface area contributed by atoms with Crippen LogP contribution in [0.2, 0.25) is 0 Å². The van der Waals surface area contributed by atoms with Gasteiger partial charge in [0.25, 0.3) is 0 Å². The summed E-state index contributed by atoms with van der Waals surface area (Å²) in [6.07, 6.45) is 10.9. The smallest absolute Gasteiger partial charge is 0.163 e. The maximum absolute atomic E-state index is 6.30. The molecule has 1 saturated heterocycles. The van der Waals surface area contributed by atoms with Crippen molar-refractivity contribution in [3.63, 3.8) is 0 Å². The minimum Gasteiger partial charge on any atom is -0.345 e. The summed E-state index contributed by atoms with van der Waals surface area (Å²) in [5, 5.41) is 0. The molecule has 5 aliphatic rings. The Balaban J connectivity index is 1.43. The molecule has 0 aromatic heterocycles. The SMILES string of the molecule is CC[C@H]1C2=CC=C3[C@H]4C[C@H]5OC(C)(C)O[C@H]5[C@H]4C[C@H]3[C@@H]2C[C@H]1C. The van der Waals surface area contributed by atoms with Gasteiger partial charge in [-0.3, -0.25) is 0 Å². The maximum Gasteiger partial charge on any atom is 0.163 e. The molecule has 2 heteroatoms. The molecule has 8 atom stereocenters. The average Bonchev–Trinajstić information content (AvgIpc) is 3.15. The normalized spacial score (nSPS) is 52.5. The predicted molar refractivity (Wildman–Crippen MR) is 90.7 cm³/mol. The monoisotopic (exact) mass is 314 g/mol. The van der Waals surface area contributed by atoms with Crippen molar-refractivity contribution in [2.75, 3.05) is 0 Å². The number of fused-ring (bicyclic) bond motifs is 7. The van der Waals surface area contributed by atoms with Crippen molar-refractivity contribution in [1.82, 2.24) is 0 Å². The fourth-order valence-corrected chi connectivity index (χ4v) is 6.87. The van der Waals surface area contributed by atoms with E-state index in [2.05, 4.69) is 39.8 Å². The van der Waals surface area contributed by atoms with Crippen molar-refractivity contribution in [2.45, 2.75) is 71.4 Å². The van der Waals surface area contributed by atoms with E-state index in [4.69, 9.17) is 9.47 Å². The highest BCUT2D eigenvalue weighted by atomic mass is 16.8. The fraction of sp³-hybridized carbons (Fsp3) is 0.810. The van der Waals surface area contributed by atoms with E-state index in [0.717, 1.165) is 29.6 Å². The molecule has 0 radical (unpaired) electrons. The van der Waals surface area contributed by atoms with Gasteiger partial charge in [-0.25, -0.2) is 0 Å². The summed E-state index contributed by atoms with van der Waals surface area (Å²) in [5.41, 5.74) is 3.52. The molecule has 2 nitrogen and oxygen atoms in total. The summed E-state index contributed by atoms with van der Waals surface area (Å²) in [5.74, 6) is 4.37. The van der Waals surface area contributed by atoms with Crippen LogP contribution in [0.4, 0.5) is 0 Å². The standard InChI is InChI=1S/C21H30O2/c1-5-12-11(2)8-15-13(12)6-7-14-16(15)9-18-17(14)10-19-20(18)23-21(3,4)22-19/h6-7,11-12,15-20H,5,8-10H2,1-4H3/t11-,12-,15-,16-,17-,18+,19-,20+/m1/s1. The topological polar surface area (TPSA) is 18.5 Å². The number of allylic oxidation sites excluding steroid dienone is 4. The highest BCUT2D eigenvalue weighted by Gasteiger charge is 2.59. The molecule has 4 aliphatic carbocycles. The molecule has 0 aromatic rings. The number of hydrogen-bond donors (Lipinski definition) is 0. The van der Waals surface area contributed by atoms with Gasteiger partial charge in [-0.15, -0.1) is 0 Å². The molecule has 5 rings (SSSR count). The summed E-state index contributed by atoms with van der Waals surface area (Å²) in [7, 11) is 0. The molecule has 0 bridgehead atoms. The largest absolute Gasteiger partial charge is 0.345 e. The average molecular weight is 314 g/mol. The summed E-state index contributed by atoms with van der Waals surface area (Å²) < 4.78 is 12.5. The van der Waals surface area contributed by atoms with Crippen molar-refractivity contribution in [3.8, 4) is 0 Å². The highest BCUT2D eigenvalue weighted by Crippen LogP contribution is 2.62. The van der Waals surface area contributed by atoms with Gasteiger partial charge in [0.15, 0.2) is 5.79 Å². The lowest BCUT2D eigenvalue weighted by molar-refractivity contribution is -0.158. The third kappa shape index (κ3) is 1.94. The van der Waals surface area contributed by atoms with Crippen LogP contribution in [0.3, 0.4) is 0 Å². The molecule has 126 valence electrons. The summed E-state index contributed by atoms with van der Waals surface area (Å²) >= 11 is 0. The summed E-state index contributed by atoms with van der Waals surface area (Å²) in [6, 6.07) is 0. The molecular weight excluding hydrogens is 284 g/mol. The van der Waals surface area contributed by atoms with Gasteiger partial charge < -0.3 is 9.47 Å². The van der Waals surface area contributed by atoms with Gasteiger partial charge in [0.2, 0.25) is 0 Å². The highest BCUT2D eigenvalue weighted by molar-refractivity contribution is 5.38. The Bertz CT molecular complexity index is 587. The Hall–Kier alpha value is -0.600. The van der Waals surface area contributed by atoms with Gasteiger partial charge >= 0.3 is 0 Å². The van der Waals surface area contributed by atoms with Gasteiger partial charge in [0, 0.05) is 0 Å². The molecule has 0 spiro atoms. The van der Waals surface area contributed by atoms with E-state index < -0.39 is 0 Å². The van der Waals surface area contributed by atoms with E-state index in [9.17, 15) is 0 Å². The summed E-state index contributed by atoms with van der Waals surface area (Å²) in [4.78, 5) is 0. The van der Waals surface area contributed by atoms with Crippen LogP contribution in [0.15, 0.2) is 23.3 Å². The van der Waals surface area contributed by atoms with Crippen LogP contribution >= 0.6 is 0 Å². The molecule has 0 unspecified atom stereocenters. The van der Waals surface area contributed by atoms with E-state index in [0.29, 0.717) is 18.1 Å². The lowest BCUT2D eigenvalue weighted by atomic mass is 9.76. The van der Waals surface area contributed by atoms with E-state index in [1.165, 1.54) is 25.7 Å². The second kappa shape index (κ2) is 4.73. The van der Waals surface area contributed by atoms with Gasteiger partial charge in [-0.05, 0) is 75.0 Å². The van der Waals surface area contributed by atoms with E-state index in [-0.39, 0.29) is 5.79 Å². The number of hydrogen-bond acceptors (Lipinski definition) is 2. The molecule has 0 N–H and O–H groups in total. The first kappa shape index (κ1) is 14.7. The number of rotatable bonds is 1. The molecule has 0 amide bonds. The zero-order valence-electron chi connectivity index (χ0n) is 14.9. The van der Waals surface area contributed by atoms with Crippen LogP contribution in [0, 0.1) is 35.5 Å². The van der Waals surface area contributed by atoms with Gasteiger partial charge in [-0.1, -0.05) is 37.1 Å². The third-order valence-corrected chi connectivity index (χ3v) is 7.59. The van der Waals surface area contributed by atoms with Crippen molar-refractivity contribution in [2.24, 2.45) is 35.5 Å². The second-order valence-electron chi connectivity index (χ2n) is 9.15. The number of ether oxygens (including phenoxy) is 2. The lowest BCUT2D eigenvalue weighted by Gasteiger charge is -2.29. The zero-order chi connectivity index (χ0) is 15.9. The Morgan fingerprint density at radius 3 is 2.52 bits per heavy atom. The molecule has 1 heterocycles. The third-order valence-electron chi connectivity index (χ3n) is 7.59. The van der Waals surface area contributed by atoms with E-state index in [1.807, 2.05) is 0 Å². The van der Waals surface area contributed by atoms with Gasteiger partial charge in [0.1, 0.15) is 0 Å². The minimum absolute atomic E-state index is 0.332. The molecule has 1 aliphatic heterocycles. The van der Waals surface area contributed by atoms with Crippen LogP contribution in [0.5, 0.6) is 0 Å². The minimum atomic E-state index is -0.374. The quantitative estimate of drug-likeness (QED) is 0.698. The first-order chi connectivity index (χ1) is 11.0. The lowest BCUT2D eigenvalue weighted by Crippen LogP contribution is -2.26. The van der Waals surface area contributed by atoms with Crippen LogP contribution in [-0.4, -0.2) is 18.0 Å². The Morgan fingerprint density at radius 2 is 1.74 bits per heavy atom. The zero-order valence-corrected chi connectivity index (χ0v) is 14.9. The van der Waals surface area contributed by atoms with Crippen molar-refractivity contribution in [3.05, 3.63) is 23.3 Å². The van der Waals surface area contributed by atoms with Crippen LogP contribution in [0.25, 0.3) is 0 Å². The van der Waals surface area contributed by atoms with Crippen molar-refractivity contribution < 1.29 is 9.47 Å². The molecule has 23 heavy (non-hydrogen) atoms. The van der Waals surface area contributed by atoms with Gasteiger partial charge in [-0.2, -0.15) is 0 Å². The molecule has 3 saturated carbocycles. The van der Waals surface area contributed by atoms with Crippen LogP contribution < -0.4 is 0 Å². The first-order valence-electron chi connectivity index (χ1n) is 9.75.